The average Bonchev–Trinajstić information content (AvgIpc) is 3.31. The monoisotopic (exact) mass is 357 g/mol. The summed E-state index contributed by atoms with van der Waals surface area (Å²) in [5, 5.41) is 7.94. The van der Waals surface area contributed by atoms with Crippen LogP contribution in [0.1, 0.15) is 23.3 Å². The third-order valence-corrected chi connectivity index (χ3v) is 5.84. The zero-order valence-corrected chi connectivity index (χ0v) is 15.0. The topological polar surface area (TPSA) is 53.6 Å². The maximum atomic E-state index is 12.0. The van der Waals surface area contributed by atoms with E-state index in [-0.39, 0.29) is 12.1 Å². The number of carbonyl (C=O) groups excluding carboxylic acids is 1. The number of nitrogens with one attached hydrogen (secondary N) is 2. The third kappa shape index (κ3) is 3.96. The van der Waals surface area contributed by atoms with Crippen LogP contribution >= 0.6 is 11.3 Å². The van der Waals surface area contributed by atoms with Crippen LogP contribution in [0.4, 0.5) is 16.2 Å². The van der Waals surface area contributed by atoms with E-state index in [1.165, 1.54) is 16.1 Å². The summed E-state index contributed by atoms with van der Waals surface area (Å²) in [6.45, 7) is 3.38. The summed E-state index contributed by atoms with van der Waals surface area (Å²) < 4.78 is 5.51. The van der Waals surface area contributed by atoms with E-state index >= 15 is 0 Å². The number of benzene rings is 1. The number of amides is 2. The van der Waals surface area contributed by atoms with Gasteiger partial charge in [-0.1, -0.05) is 0 Å². The first-order valence-corrected chi connectivity index (χ1v) is 9.72. The number of rotatable bonds is 4. The minimum Gasteiger partial charge on any atom is -0.376 e. The van der Waals surface area contributed by atoms with Gasteiger partial charge < -0.3 is 20.3 Å². The lowest BCUT2D eigenvalue weighted by Gasteiger charge is -2.29. The number of carbonyl (C=O) groups is 1. The largest absolute Gasteiger partial charge is 0.376 e. The Hall–Kier alpha value is -2.05. The van der Waals surface area contributed by atoms with Gasteiger partial charge >= 0.3 is 6.03 Å². The highest BCUT2D eigenvalue weighted by Gasteiger charge is 2.18. The fraction of sp³-hybridized carbons (Fsp3) is 0.421. The SMILES string of the molecule is O=C(NC[C@H]1CCCO1)Nc1ccc(N2CCc3sccc3C2)cc1. The van der Waals surface area contributed by atoms with Gasteiger partial charge in [-0.3, -0.25) is 0 Å². The van der Waals surface area contributed by atoms with Crippen molar-refractivity contribution in [3.63, 3.8) is 0 Å². The molecule has 2 amide bonds. The van der Waals surface area contributed by atoms with Crippen molar-refractivity contribution in [3.8, 4) is 0 Å². The highest BCUT2D eigenvalue weighted by Crippen LogP contribution is 2.28. The molecule has 1 aromatic heterocycles. The maximum Gasteiger partial charge on any atom is 0.319 e. The second-order valence-electron chi connectivity index (χ2n) is 6.56. The van der Waals surface area contributed by atoms with Crippen molar-refractivity contribution in [2.45, 2.75) is 31.9 Å². The van der Waals surface area contributed by atoms with Crippen LogP contribution in [0.3, 0.4) is 0 Å². The lowest BCUT2D eigenvalue weighted by atomic mass is 10.1. The first kappa shape index (κ1) is 16.4. The van der Waals surface area contributed by atoms with Crippen molar-refractivity contribution in [1.82, 2.24) is 5.32 Å². The van der Waals surface area contributed by atoms with E-state index in [0.29, 0.717) is 6.54 Å². The molecule has 4 rings (SSSR count). The minimum absolute atomic E-state index is 0.161. The Bertz CT molecular complexity index is 723. The molecule has 0 bridgehead atoms. The molecule has 2 aromatic rings. The molecular formula is C19H23N3O2S. The summed E-state index contributed by atoms with van der Waals surface area (Å²) in [6.07, 6.45) is 3.38. The number of fused-ring (bicyclic) bond motifs is 1. The van der Waals surface area contributed by atoms with Crippen molar-refractivity contribution in [3.05, 3.63) is 46.2 Å². The van der Waals surface area contributed by atoms with Crippen LogP contribution in [0.15, 0.2) is 35.7 Å². The number of hydrogen-bond acceptors (Lipinski definition) is 4. The van der Waals surface area contributed by atoms with Crippen molar-refractivity contribution in [2.24, 2.45) is 0 Å². The first-order chi connectivity index (χ1) is 12.3. The van der Waals surface area contributed by atoms with Gasteiger partial charge in [-0.25, -0.2) is 4.79 Å². The fourth-order valence-electron chi connectivity index (χ4n) is 3.41. The fourth-order valence-corrected chi connectivity index (χ4v) is 4.30. The highest BCUT2D eigenvalue weighted by molar-refractivity contribution is 7.10. The van der Waals surface area contributed by atoms with Crippen LogP contribution in [-0.4, -0.2) is 31.8 Å². The zero-order valence-electron chi connectivity index (χ0n) is 14.2. The second kappa shape index (κ2) is 7.45. The summed E-state index contributed by atoms with van der Waals surface area (Å²) in [5.41, 5.74) is 3.44. The minimum atomic E-state index is -0.177. The smallest absolute Gasteiger partial charge is 0.319 e. The quantitative estimate of drug-likeness (QED) is 0.879. The summed E-state index contributed by atoms with van der Waals surface area (Å²) in [4.78, 5) is 15.9. The van der Waals surface area contributed by atoms with E-state index in [2.05, 4.69) is 39.1 Å². The third-order valence-electron chi connectivity index (χ3n) is 4.81. The molecule has 132 valence electrons. The number of anilines is 2. The van der Waals surface area contributed by atoms with Crippen LogP contribution in [-0.2, 0) is 17.7 Å². The molecule has 0 radical (unpaired) electrons. The molecule has 1 atom stereocenters. The Labute approximate surface area is 152 Å². The van der Waals surface area contributed by atoms with Gasteiger partial charge in [-0.05, 0) is 60.5 Å². The lowest BCUT2D eigenvalue weighted by molar-refractivity contribution is 0.112. The van der Waals surface area contributed by atoms with Gasteiger partial charge in [0.15, 0.2) is 0 Å². The molecular weight excluding hydrogens is 334 g/mol. The van der Waals surface area contributed by atoms with Crippen molar-refractivity contribution < 1.29 is 9.53 Å². The van der Waals surface area contributed by atoms with Crippen molar-refractivity contribution in [2.75, 3.05) is 29.9 Å². The number of urea groups is 1. The average molecular weight is 357 g/mol. The number of hydrogen-bond donors (Lipinski definition) is 2. The molecule has 0 aliphatic carbocycles. The molecule has 1 fully saturated rings. The van der Waals surface area contributed by atoms with Crippen LogP contribution in [0.2, 0.25) is 0 Å². The molecule has 1 aromatic carbocycles. The van der Waals surface area contributed by atoms with E-state index in [1.807, 2.05) is 23.5 Å². The summed E-state index contributed by atoms with van der Waals surface area (Å²) in [7, 11) is 0. The molecule has 5 nitrogen and oxygen atoms in total. The van der Waals surface area contributed by atoms with Gasteiger partial charge in [0.05, 0.1) is 6.10 Å². The zero-order chi connectivity index (χ0) is 17.1. The van der Waals surface area contributed by atoms with E-state index in [4.69, 9.17) is 4.74 Å². The predicted molar refractivity (Wildman–Crippen MR) is 102 cm³/mol. The van der Waals surface area contributed by atoms with E-state index < -0.39 is 0 Å². The summed E-state index contributed by atoms with van der Waals surface area (Å²) in [5.74, 6) is 0. The molecule has 0 spiro atoms. The molecule has 25 heavy (non-hydrogen) atoms. The molecule has 0 saturated carbocycles. The molecule has 6 heteroatoms. The Morgan fingerprint density at radius 3 is 2.96 bits per heavy atom. The van der Waals surface area contributed by atoms with E-state index in [1.54, 1.807) is 0 Å². The van der Waals surface area contributed by atoms with E-state index in [0.717, 1.165) is 44.6 Å². The normalized spacial score (nSPS) is 19.5. The van der Waals surface area contributed by atoms with Gasteiger partial charge in [0.25, 0.3) is 0 Å². The Balaban J connectivity index is 1.30. The highest BCUT2D eigenvalue weighted by atomic mass is 32.1. The van der Waals surface area contributed by atoms with Crippen LogP contribution in [0.25, 0.3) is 0 Å². The Morgan fingerprint density at radius 2 is 2.16 bits per heavy atom. The Kier molecular flexibility index (Phi) is 4.90. The van der Waals surface area contributed by atoms with Crippen molar-refractivity contribution in [1.29, 1.82) is 0 Å². The van der Waals surface area contributed by atoms with Crippen LogP contribution in [0.5, 0.6) is 0 Å². The van der Waals surface area contributed by atoms with Gasteiger partial charge in [-0.15, -0.1) is 11.3 Å². The number of thiophene rings is 1. The molecule has 2 aliphatic rings. The molecule has 0 unspecified atom stereocenters. The van der Waals surface area contributed by atoms with Crippen LogP contribution in [0, 0.1) is 0 Å². The maximum absolute atomic E-state index is 12.0. The molecule has 2 N–H and O–H groups in total. The van der Waals surface area contributed by atoms with Gasteiger partial charge in [-0.2, -0.15) is 0 Å². The van der Waals surface area contributed by atoms with Gasteiger partial charge in [0.2, 0.25) is 0 Å². The van der Waals surface area contributed by atoms with Crippen LogP contribution < -0.4 is 15.5 Å². The summed E-state index contributed by atoms with van der Waals surface area (Å²) in [6, 6.07) is 10.1. The number of ether oxygens (including phenoxy) is 1. The molecule has 2 aliphatic heterocycles. The first-order valence-electron chi connectivity index (χ1n) is 8.84. The standard InChI is InChI=1S/C19H23N3O2S/c23-19(20-12-17-2-1-10-24-17)21-15-3-5-16(6-4-15)22-9-7-18-14(13-22)8-11-25-18/h3-6,8,11,17H,1-2,7,9-10,12-13H2,(H2,20,21,23)/t17-/m1/s1. The van der Waals surface area contributed by atoms with Crippen molar-refractivity contribution >= 4 is 28.7 Å². The van der Waals surface area contributed by atoms with Gasteiger partial charge in [0, 0.05) is 42.5 Å². The van der Waals surface area contributed by atoms with E-state index in [9.17, 15) is 4.79 Å². The lowest BCUT2D eigenvalue weighted by Crippen LogP contribution is -2.35. The van der Waals surface area contributed by atoms with Gasteiger partial charge in [0.1, 0.15) is 0 Å². The predicted octanol–water partition coefficient (Wildman–Crippen LogP) is 3.61. The molecule has 1 saturated heterocycles. The second-order valence-corrected chi connectivity index (χ2v) is 7.56. The summed E-state index contributed by atoms with van der Waals surface area (Å²) >= 11 is 1.86. The Morgan fingerprint density at radius 1 is 1.28 bits per heavy atom. The number of nitrogens with zero attached hydrogens (tertiary/aromatic N) is 1. The molecule has 3 heterocycles.